The van der Waals surface area contributed by atoms with Crippen LogP contribution < -0.4 is 5.73 Å². The first-order chi connectivity index (χ1) is 6.66. The highest BCUT2D eigenvalue weighted by Gasteiger charge is 2.07. The number of benzene rings is 1. The lowest BCUT2D eigenvalue weighted by atomic mass is 9.92. The van der Waals surface area contributed by atoms with E-state index < -0.39 is 0 Å². The quantitative estimate of drug-likeness (QED) is 0.777. The van der Waals surface area contributed by atoms with Gasteiger partial charge in [0.05, 0.1) is 0 Å². The molecule has 0 heterocycles. The number of rotatable bonds is 3. The molecule has 0 atom stereocenters. The first-order valence-corrected chi connectivity index (χ1v) is 5.13. The van der Waals surface area contributed by atoms with Gasteiger partial charge in [0.25, 0.3) is 0 Å². The van der Waals surface area contributed by atoms with Gasteiger partial charge in [-0.1, -0.05) is 44.2 Å². The highest BCUT2D eigenvalue weighted by molar-refractivity contribution is 5.69. The van der Waals surface area contributed by atoms with Gasteiger partial charge in [-0.05, 0) is 29.5 Å². The Balaban J connectivity index is 3.12. The van der Waals surface area contributed by atoms with Crippen LogP contribution in [0.1, 0.15) is 25.0 Å². The van der Waals surface area contributed by atoms with Crippen molar-refractivity contribution >= 4 is 5.57 Å². The molecule has 1 aromatic carbocycles. The smallest absolute Gasteiger partial charge is 0.0112 e. The fourth-order valence-corrected chi connectivity index (χ4v) is 1.68. The van der Waals surface area contributed by atoms with Gasteiger partial charge in [-0.25, -0.2) is 0 Å². The van der Waals surface area contributed by atoms with E-state index in [0.29, 0.717) is 12.5 Å². The molecule has 0 saturated carbocycles. The lowest BCUT2D eigenvalue weighted by molar-refractivity contribution is 0.850. The molecule has 0 aliphatic carbocycles. The van der Waals surface area contributed by atoms with Crippen LogP contribution in [0.4, 0.5) is 0 Å². The van der Waals surface area contributed by atoms with Crippen molar-refractivity contribution in [2.75, 3.05) is 6.54 Å². The number of allylic oxidation sites excluding steroid dienone is 1. The van der Waals surface area contributed by atoms with Crippen LogP contribution in [0.25, 0.3) is 5.57 Å². The van der Waals surface area contributed by atoms with Gasteiger partial charge in [0.15, 0.2) is 0 Å². The van der Waals surface area contributed by atoms with Crippen molar-refractivity contribution in [2.24, 2.45) is 11.7 Å². The zero-order valence-corrected chi connectivity index (χ0v) is 9.25. The van der Waals surface area contributed by atoms with Crippen LogP contribution in [-0.2, 0) is 0 Å². The molecule has 2 N–H and O–H groups in total. The average Bonchev–Trinajstić information content (AvgIpc) is 2.15. The minimum atomic E-state index is 0.527. The second-order valence-corrected chi connectivity index (χ2v) is 3.86. The summed E-state index contributed by atoms with van der Waals surface area (Å²) in [7, 11) is 0. The molecule has 1 nitrogen and oxygen atoms in total. The van der Waals surface area contributed by atoms with Gasteiger partial charge in [-0.15, -0.1) is 0 Å². The van der Waals surface area contributed by atoms with Crippen LogP contribution in [0, 0.1) is 12.8 Å². The lowest BCUT2D eigenvalue weighted by Gasteiger charge is -2.14. The van der Waals surface area contributed by atoms with Crippen LogP contribution in [0.2, 0.25) is 0 Å². The van der Waals surface area contributed by atoms with E-state index in [0.717, 1.165) is 0 Å². The summed E-state index contributed by atoms with van der Waals surface area (Å²) in [6, 6.07) is 8.45. The molecule has 0 fully saturated rings. The second kappa shape index (κ2) is 4.97. The third-order valence-corrected chi connectivity index (χ3v) is 2.42. The Morgan fingerprint density at radius 1 is 1.36 bits per heavy atom. The molecule has 76 valence electrons. The highest BCUT2D eigenvalue weighted by Crippen LogP contribution is 2.25. The van der Waals surface area contributed by atoms with E-state index in [1.807, 2.05) is 0 Å². The van der Waals surface area contributed by atoms with Crippen LogP contribution in [0.15, 0.2) is 30.3 Å². The molecule has 1 rings (SSSR count). The second-order valence-electron chi connectivity index (χ2n) is 3.86. The van der Waals surface area contributed by atoms with E-state index in [4.69, 9.17) is 5.73 Å². The van der Waals surface area contributed by atoms with Gasteiger partial charge in [0.1, 0.15) is 0 Å². The Hall–Kier alpha value is -1.08. The SMILES string of the molecule is Cc1ccccc1/C(=C\CN)C(C)C. The number of hydrogen-bond donors (Lipinski definition) is 1. The molecule has 1 heteroatoms. The largest absolute Gasteiger partial charge is 0.327 e. The summed E-state index contributed by atoms with van der Waals surface area (Å²) in [6.45, 7) is 7.16. The molecule has 14 heavy (non-hydrogen) atoms. The zero-order valence-electron chi connectivity index (χ0n) is 9.25. The van der Waals surface area contributed by atoms with E-state index in [1.54, 1.807) is 0 Å². The van der Waals surface area contributed by atoms with Crippen molar-refractivity contribution in [1.29, 1.82) is 0 Å². The maximum atomic E-state index is 5.58. The van der Waals surface area contributed by atoms with E-state index in [9.17, 15) is 0 Å². The Morgan fingerprint density at radius 2 is 2.00 bits per heavy atom. The normalized spacial score (nSPS) is 12.2. The predicted octanol–water partition coefficient (Wildman–Crippen LogP) is 2.99. The fourth-order valence-electron chi connectivity index (χ4n) is 1.68. The Kier molecular flexibility index (Phi) is 3.90. The molecule has 0 bridgehead atoms. The molecule has 0 aliphatic heterocycles. The highest BCUT2D eigenvalue weighted by atomic mass is 14.5. The van der Waals surface area contributed by atoms with Crippen LogP contribution in [-0.4, -0.2) is 6.54 Å². The molecule has 0 unspecified atom stereocenters. The van der Waals surface area contributed by atoms with Gasteiger partial charge in [-0.2, -0.15) is 0 Å². The summed E-state index contributed by atoms with van der Waals surface area (Å²) in [5, 5.41) is 0. The predicted molar refractivity (Wildman–Crippen MR) is 63.0 cm³/mol. The van der Waals surface area contributed by atoms with E-state index in [1.165, 1.54) is 16.7 Å². The van der Waals surface area contributed by atoms with Gasteiger partial charge in [0, 0.05) is 6.54 Å². The first kappa shape index (κ1) is 11.0. The molecule has 0 radical (unpaired) electrons. The summed E-state index contributed by atoms with van der Waals surface area (Å²) in [5.74, 6) is 0.527. The van der Waals surface area contributed by atoms with Crippen molar-refractivity contribution in [3.05, 3.63) is 41.5 Å². The minimum Gasteiger partial charge on any atom is -0.327 e. The molecule has 0 amide bonds. The summed E-state index contributed by atoms with van der Waals surface area (Å²) in [6.07, 6.45) is 2.12. The molecule has 0 saturated heterocycles. The third kappa shape index (κ3) is 2.46. The van der Waals surface area contributed by atoms with Crippen LogP contribution in [0.5, 0.6) is 0 Å². The third-order valence-electron chi connectivity index (χ3n) is 2.42. The first-order valence-electron chi connectivity index (χ1n) is 5.13. The maximum absolute atomic E-state index is 5.58. The summed E-state index contributed by atoms with van der Waals surface area (Å²) >= 11 is 0. The molecule has 1 aromatic rings. The lowest BCUT2D eigenvalue weighted by Crippen LogP contribution is -2.01. The molecule has 0 aromatic heterocycles. The number of nitrogens with two attached hydrogens (primary N) is 1. The minimum absolute atomic E-state index is 0.527. The van der Waals surface area contributed by atoms with Gasteiger partial charge in [-0.3, -0.25) is 0 Å². The monoisotopic (exact) mass is 189 g/mol. The number of aryl methyl sites for hydroxylation is 1. The zero-order chi connectivity index (χ0) is 10.6. The fraction of sp³-hybridized carbons (Fsp3) is 0.385. The summed E-state index contributed by atoms with van der Waals surface area (Å²) < 4.78 is 0. The molecule has 0 aliphatic rings. The van der Waals surface area contributed by atoms with Crippen molar-refractivity contribution in [3.8, 4) is 0 Å². The molecular formula is C13H19N. The van der Waals surface area contributed by atoms with Gasteiger partial charge < -0.3 is 5.73 Å². The van der Waals surface area contributed by atoms with Crippen molar-refractivity contribution in [3.63, 3.8) is 0 Å². The summed E-state index contributed by atoms with van der Waals surface area (Å²) in [5.41, 5.74) is 9.58. The van der Waals surface area contributed by atoms with Crippen molar-refractivity contribution in [1.82, 2.24) is 0 Å². The molecular weight excluding hydrogens is 170 g/mol. The van der Waals surface area contributed by atoms with E-state index in [2.05, 4.69) is 51.1 Å². The topological polar surface area (TPSA) is 26.0 Å². The Labute approximate surface area is 86.6 Å². The van der Waals surface area contributed by atoms with Crippen molar-refractivity contribution < 1.29 is 0 Å². The van der Waals surface area contributed by atoms with Gasteiger partial charge in [0.2, 0.25) is 0 Å². The van der Waals surface area contributed by atoms with Crippen molar-refractivity contribution in [2.45, 2.75) is 20.8 Å². The average molecular weight is 189 g/mol. The van der Waals surface area contributed by atoms with Crippen LogP contribution >= 0.6 is 0 Å². The maximum Gasteiger partial charge on any atom is 0.0112 e. The number of hydrogen-bond acceptors (Lipinski definition) is 1. The molecule has 0 spiro atoms. The standard InChI is InChI=1S/C13H19N/c1-10(2)12(8-9-14)13-7-5-4-6-11(13)3/h4-8,10H,9,14H2,1-3H3/b12-8-. The Morgan fingerprint density at radius 3 is 2.50 bits per heavy atom. The van der Waals surface area contributed by atoms with E-state index >= 15 is 0 Å². The van der Waals surface area contributed by atoms with E-state index in [-0.39, 0.29) is 0 Å². The Bertz CT molecular complexity index is 324. The summed E-state index contributed by atoms with van der Waals surface area (Å²) in [4.78, 5) is 0. The van der Waals surface area contributed by atoms with Crippen LogP contribution in [0.3, 0.4) is 0 Å². The van der Waals surface area contributed by atoms with Gasteiger partial charge >= 0.3 is 0 Å².